The van der Waals surface area contributed by atoms with Crippen LogP contribution in [0.5, 0.6) is 0 Å². The molecule has 1 saturated heterocycles. The Balaban J connectivity index is 1.25. The maximum absolute atomic E-state index is 12.5. The lowest BCUT2D eigenvalue weighted by Crippen LogP contribution is -2.47. The van der Waals surface area contributed by atoms with Gasteiger partial charge in [-0.15, -0.1) is 0 Å². The molecule has 0 spiro atoms. The molecule has 0 unspecified atom stereocenters. The van der Waals surface area contributed by atoms with Gasteiger partial charge in [-0.1, -0.05) is 23.7 Å². The van der Waals surface area contributed by atoms with Crippen LogP contribution >= 0.6 is 11.6 Å². The SMILES string of the molecule is O=C(NC1CCN(C(=O)c2cnccn2)CC1)[C@@H]1C[C@H]1c1ccc(Cl)cc1. The molecular formula is C20H21ClN4O2. The van der Waals surface area contributed by atoms with Crippen LogP contribution in [0.25, 0.3) is 0 Å². The van der Waals surface area contributed by atoms with Crippen molar-refractivity contribution in [1.29, 1.82) is 0 Å². The molecule has 27 heavy (non-hydrogen) atoms. The molecule has 140 valence electrons. The Labute approximate surface area is 163 Å². The predicted octanol–water partition coefficient (Wildman–Crippen LogP) is 2.65. The third kappa shape index (κ3) is 4.11. The highest BCUT2D eigenvalue weighted by molar-refractivity contribution is 6.30. The van der Waals surface area contributed by atoms with Crippen molar-refractivity contribution in [3.63, 3.8) is 0 Å². The number of hydrogen-bond donors (Lipinski definition) is 1. The summed E-state index contributed by atoms with van der Waals surface area (Å²) in [6.45, 7) is 1.23. The van der Waals surface area contributed by atoms with Gasteiger partial charge in [0.15, 0.2) is 0 Å². The van der Waals surface area contributed by atoms with Gasteiger partial charge in [0.2, 0.25) is 5.91 Å². The van der Waals surface area contributed by atoms with Crippen LogP contribution in [0.1, 0.15) is 41.2 Å². The summed E-state index contributed by atoms with van der Waals surface area (Å²) in [5.74, 6) is 0.359. The summed E-state index contributed by atoms with van der Waals surface area (Å²) in [6.07, 6.45) is 6.96. The number of halogens is 1. The number of aromatic nitrogens is 2. The van der Waals surface area contributed by atoms with Gasteiger partial charge in [0.25, 0.3) is 5.91 Å². The minimum Gasteiger partial charge on any atom is -0.353 e. The van der Waals surface area contributed by atoms with Crippen molar-refractivity contribution in [3.05, 3.63) is 59.1 Å². The summed E-state index contributed by atoms with van der Waals surface area (Å²) in [7, 11) is 0. The molecule has 1 aliphatic heterocycles. The second-order valence-corrected chi connectivity index (χ2v) is 7.60. The molecule has 4 rings (SSSR count). The Kier molecular flexibility index (Phi) is 5.07. The highest BCUT2D eigenvalue weighted by Gasteiger charge is 2.44. The normalized spacial score (nSPS) is 22.3. The van der Waals surface area contributed by atoms with Gasteiger partial charge < -0.3 is 10.2 Å². The van der Waals surface area contributed by atoms with Crippen molar-refractivity contribution >= 4 is 23.4 Å². The number of nitrogens with zero attached hydrogens (tertiary/aromatic N) is 3. The van der Waals surface area contributed by atoms with Crippen LogP contribution in [-0.2, 0) is 4.79 Å². The number of amides is 2. The Hall–Kier alpha value is -2.47. The van der Waals surface area contributed by atoms with Crippen LogP contribution in [0, 0.1) is 5.92 Å². The average molecular weight is 385 g/mol. The van der Waals surface area contributed by atoms with E-state index in [0.29, 0.717) is 29.7 Å². The van der Waals surface area contributed by atoms with E-state index in [2.05, 4.69) is 15.3 Å². The van der Waals surface area contributed by atoms with E-state index in [1.165, 1.54) is 18.0 Å². The van der Waals surface area contributed by atoms with E-state index in [-0.39, 0.29) is 23.8 Å². The predicted molar refractivity (Wildman–Crippen MR) is 101 cm³/mol. The molecule has 2 atom stereocenters. The zero-order valence-electron chi connectivity index (χ0n) is 14.8. The maximum atomic E-state index is 12.5. The second-order valence-electron chi connectivity index (χ2n) is 7.17. The molecule has 6 nitrogen and oxygen atoms in total. The number of likely N-dealkylation sites (tertiary alicyclic amines) is 1. The molecule has 1 saturated carbocycles. The molecule has 0 radical (unpaired) electrons. The molecule has 2 fully saturated rings. The van der Waals surface area contributed by atoms with Crippen LogP contribution in [-0.4, -0.2) is 45.8 Å². The number of carbonyl (C=O) groups excluding carboxylic acids is 2. The monoisotopic (exact) mass is 384 g/mol. The van der Waals surface area contributed by atoms with Crippen molar-refractivity contribution in [3.8, 4) is 0 Å². The average Bonchev–Trinajstić information content (AvgIpc) is 3.50. The lowest BCUT2D eigenvalue weighted by molar-refractivity contribution is -0.123. The lowest BCUT2D eigenvalue weighted by atomic mass is 10.0. The highest BCUT2D eigenvalue weighted by Crippen LogP contribution is 2.47. The van der Waals surface area contributed by atoms with Gasteiger partial charge in [0.05, 0.1) is 6.20 Å². The Morgan fingerprint density at radius 2 is 1.85 bits per heavy atom. The minimum atomic E-state index is -0.0992. The molecule has 1 aromatic heterocycles. The zero-order valence-corrected chi connectivity index (χ0v) is 15.6. The van der Waals surface area contributed by atoms with Gasteiger partial charge >= 0.3 is 0 Å². The van der Waals surface area contributed by atoms with Crippen LogP contribution in [0.4, 0.5) is 0 Å². The summed E-state index contributed by atoms with van der Waals surface area (Å²) in [5, 5.41) is 3.87. The number of hydrogen-bond acceptors (Lipinski definition) is 4. The lowest BCUT2D eigenvalue weighted by Gasteiger charge is -2.32. The van der Waals surface area contributed by atoms with Crippen molar-refractivity contribution in [2.75, 3.05) is 13.1 Å². The zero-order chi connectivity index (χ0) is 18.8. The van der Waals surface area contributed by atoms with E-state index in [1.54, 1.807) is 11.1 Å². The van der Waals surface area contributed by atoms with Crippen LogP contribution < -0.4 is 5.32 Å². The summed E-state index contributed by atoms with van der Waals surface area (Å²) < 4.78 is 0. The topological polar surface area (TPSA) is 75.2 Å². The second kappa shape index (κ2) is 7.64. The molecule has 1 aliphatic carbocycles. The smallest absolute Gasteiger partial charge is 0.274 e. The van der Waals surface area contributed by atoms with Crippen molar-refractivity contribution in [2.24, 2.45) is 5.92 Å². The van der Waals surface area contributed by atoms with Crippen molar-refractivity contribution in [2.45, 2.75) is 31.2 Å². The fraction of sp³-hybridized carbons (Fsp3) is 0.400. The number of nitrogens with one attached hydrogen (secondary N) is 1. The Bertz CT molecular complexity index is 820. The number of rotatable bonds is 4. The Morgan fingerprint density at radius 3 is 2.52 bits per heavy atom. The van der Waals surface area contributed by atoms with Gasteiger partial charge in [0.1, 0.15) is 5.69 Å². The summed E-state index contributed by atoms with van der Waals surface area (Å²) >= 11 is 5.92. The van der Waals surface area contributed by atoms with Crippen LogP contribution in [0.3, 0.4) is 0 Å². The molecule has 2 aliphatic rings. The number of piperidine rings is 1. The molecule has 1 N–H and O–H groups in total. The molecule has 2 amide bonds. The first-order valence-electron chi connectivity index (χ1n) is 9.23. The largest absolute Gasteiger partial charge is 0.353 e. The van der Waals surface area contributed by atoms with Crippen molar-refractivity contribution in [1.82, 2.24) is 20.2 Å². The van der Waals surface area contributed by atoms with Crippen LogP contribution in [0.2, 0.25) is 5.02 Å². The fourth-order valence-corrected chi connectivity index (χ4v) is 3.80. The maximum Gasteiger partial charge on any atom is 0.274 e. The molecule has 7 heteroatoms. The first-order chi connectivity index (χ1) is 13.1. The molecule has 2 aromatic rings. The Morgan fingerprint density at radius 1 is 1.11 bits per heavy atom. The quantitative estimate of drug-likeness (QED) is 0.879. The standard InChI is InChI=1S/C20H21ClN4O2/c21-14-3-1-13(2-4-14)16-11-17(16)19(26)24-15-5-9-25(10-6-15)20(27)18-12-22-7-8-23-18/h1-4,7-8,12,15-17H,5-6,9-11H2,(H,24,26)/t16-,17+/m0/s1. The minimum absolute atomic E-state index is 0.0467. The van der Waals surface area contributed by atoms with E-state index in [1.807, 2.05) is 24.3 Å². The van der Waals surface area contributed by atoms with E-state index in [0.717, 1.165) is 19.3 Å². The molecular weight excluding hydrogens is 364 g/mol. The summed E-state index contributed by atoms with van der Waals surface area (Å²) in [5.41, 5.74) is 1.53. The van der Waals surface area contributed by atoms with Gasteiger partial charge in [-0.05, 0) is 42.9 Å². The van der Waals surface area contributed by atoms with Crippen LogP contribution in [0.15, 0.2) is 42.9 Å². The highest BCUT2D eigenvalue weighted by atomic mass is 35.5. The third-order valence-corrected chi connectivity index (χ3v) is 5.59. The van der Waals surface area contributed by atoms with E-state index in [4.69, 9.17) is 11.6 Å². The molecule has 1 aromatic carbocycles. The number of carbonyl (C=O) groups is 2. The van der Waals surface area contributed by atoms with Gasteiger partial charge in [-0.25, -0.2) is 4.98 Å². The van der Waals surface area contributed by atoms with E-state index >= 15 is 0 Å². The number of benzene rings is 1. The van der Waals surface area contributed by atoms with E-state index < -0.39 is 0 Å². The first kappa shape index (κ1) is 17.9. The first-order valence-corrected chi connectivity index (χ1v) is 9.61. The summed E-state index contributed by atoms with van der Waals surface area (Å²) in [4.78, 5) is 34.7. The van der Waals surface area contributed by atoms with Gasteiger partial charge in [-0.2, -0.15) is 0 Å². The molecule has 0 bridgehead atoms. The van der Waals surface area contributed by atoms with Gasteiger partial charge in [-0.3, -0.25) is 14.6 Å². The third-order valence-electron chi connectivity index (χ3n) is 5.34. The van der Waals surface area contributed by atoms with E-state index in [9.17, 15) is 9.59 Å². The fourth-order valence-electron chi connectivity index (χ4n) is 3.67. The van der Waals surface area contributed by atoms with Crippen molar-refractivity contribution < 1.29 is 9.59 Å². The summed E-state index contributed by atoms with van der Waals surface area (Å²) in [6, 6.07) is 7.85. The van der Waals surface area contributed by atoms with Gasteiger partial charge in [0, 0.05) is 42.5 Å². The molecule has 2 heterocycles.